The van der Waals surface area contributed by atoms with Crippen molar-refractivity contribution in [3.8, 4) is 0 Å². The number of aromatic nitrogens is 2. The van der Waals surface area contributed by atoms with Gasteiger partial charge < -0.3 is 10.7 Å². The van der Waals surface area contributed by atoms with Gasteiger partial charge >= 0.3 is 0 Å². The molecule has 2 aromatic rings. The minimum Gasteiger partial charge on any atom is -0.344 e. The Hall–Kier alpha value is -1.61. The molecular formula is C15H21N3. The Morgan fingerprint density at radius 2 is 2.00 bits per heavy atom. The summed E-state index contributed by atoms with van der Waals surface area (Å²) in [5, 5.41) is 0. The Kier molecular flexibility index (Phi) is 4.15. The number of rotatable bonds is 5. The molecule has 0 saturated carbocycles. The van der Waals surface area contributed by atoms with E-state index in [1.807, 2.05) is 24.4 Å². The van der Waals surface area contributed by atoms with Crippen LogP contribution in [0, 0.1) is 0 Å². The largest absolute Gasteiger partial charge is 0.344 e. The van der Waals surface area contributed by atoms with Crippen LogP contribution in [0.2, 0.25) is 0 Å². The van der Waals surface area contributed by atoms with Crippen molar-refractivity contribution in [1.29, 1.82) is 0 Å². The minimum atomic E-state index is -0.0646. The highest BCUT2D eigenvalue weighted by Gasteiger charge is 2.13. The van der Waals surface area contributed by atoms with Crippen LogP contribution in [-0.2, 0) is 6.42 Å². The Bertz CT molecular complexity index is 475. The van der Waals surface area contributed by atoms with E-state index in [1.165, 1.54) is 11.3 Å². The molecule has 3 nitrogen and oxygen atoms in total. The summed E-state index contributed by atoms with van der Waals surface area (Å²) in [4.78, 5) is 7.75. The Morgan fingerprint density at radius 3 is 2.67 bits per heavy atom. The van der Waals surface area contributed by atoms with Crippen molar-refractivity contribution in [3.63, 3.8) is 0 Å². The number of nitrogens with two attached hydrogens (primary N) is 1. The first-order chi connectivity index (χ1) is 8.70. The lowest BCUT2D eigenvalue weighted by Gasteiger charge is -2.09. The minimum absolute atomic E-state index is 0.0646. The zero-order chi connectivity index (χ0) is 13.0. The van der Waals surface area contributed by atoms with Crippen LogP contribution in [0.3, 0.4) is 0 Å². The monoisotopic (exact) mass is 243 g/mol. The lowest BCUT2D eigenvalue weighted by Crippen LogP contribution is -2.15. The number of hydrogen-bond donors (Lipinski definition) is 2. The number of benzene rings is 1. The molecule has 1 aromatic carbocycles. The van der Waals surface area contributed by atoms with Gasteiger partial charge in [0.2, 0.25) is 0 Å². The predicted molar refractivity (Wildman–Crippen MR) is 74.4 cm³/mol. The first-order valence-electron chi connectivity index (χ1n) is 6.55. The second kappa shape index (κ2) is 5.83. The Balaban J connectivity index is 2.05. The molecule has 3 N–H and O–H groups in total. The summed E-state index contributed by atoms with van der Waals surface area (Å²) in [5.41, 5.74) is 8.61. The highest BCUT2D eigenvalue weighted by atomic mass is 15.0. The highest BCUT2D eigenvalue weighted by Crippen LogP contribution is 2.19. The third-order valence-corrected chi connectivity index (χ3v) is 3.41. The molecular weight excluding hydrogens is 222 g/mol. The lowest BCUT2D eigenvalue weighted by molar-refractivity contribution is 0.663. The van der Waals surface area contributed by atoms with Gasteiger partial charge in [-0.15, -0.1) is 0 Å². The van der Waals surface area contributed by atoms with Gasteiger partial charge in [0.1, 0.15) is 5.82 Å². The summed E-state index contributed by atoms with van der Waals surface area (Å²) in [6.45, 7) is 4.37. The van der Waals surface area contributed by atoms with E-state index >= 15 is 0 Å². The van der Waals surface area contributed by atoms with Crippen LogP contribution in [-0.4, -0.2) is 9.97 Å². The van der Waals surface area contributed by atoms with Gasteiger partial charge in [-0.2, -0.15) is 0 Å². The van der Waals surface area contributed by atoms with Gasteiger partial charge in [0.25, 0.3) is 0 Å². The number of nitrogens with one attached hydrogen (secondary N) is 1. The number of hydrogen-bond acceptors (Lipinski definition) is 2. The van der Waals surface area contributed by atoms with Gasteiger partial charge in [0, 0.05) is 11.9 Å². The molecule has 0 radical (unpaired) electrons. The molecule has 0 aliphatic rings. The van der Waals surface area contributed by atoms with Crippen molar-refractivity contribution in [2.75, 3.05) is 0 Å². The molecule has 0 aliphatic carbocycles. The zero-order valence-electron chi connectivity index (χ0n) is 11.1. The fourth-order valence-electron chi connectivity index (χ4n) is 1.98. The van der Waals surface area contributed by atoms with Crippen molar-refractivity contribution in [2.24, 2.45) is 5.73 Å². The normalized spacial score (nSPS) is 14.4. The third-order valence-electron chi connectivity index (χ3n) is 3.41. The smallest absolute Gasteiger partial charge is 0.123 e. The highest BCUT2D eigenvalue weighted by molar-refractivity contribution is 5.18. The quantitative estimate of drug-likeness (QED) is 0.847. The topological polar surface area (TPSA) is 54.7 Å². The van der Waals surface area contributed by atoms with Crippen LogP contribution in [0.4, 0.5) is 0 Å². The van der Waals surface area contributed by atoms with E-state index in [9.17, 15) is 0 Å². The SMILES string of the molecule is CCC(C)c1cnc(C(N)Cc2ccccc2)[nH]1. The van der Waals surface area contributed by atoms with E-state index < -0.39 is 0 Å². The molecule has 0 saturated heterocycles. The molecule has 0 aliphatic heterocycles. The summed E-state index contributed by atoms with van der Waals surface area (Å²) in [7, 11) is 0. The molecule has 0 amide bonds. The van der Waals surface area contributed by atoms with Crippen molar-refractivity contribution in [1.82, 2.24) is 9.97 Å². The average Bonchev–Trinajstić information content (AvgIpc) is 2.88. The standard InChI is InChI=1S/C15H21N3/c1-3-11(2)14-10-17-15(18-14)13(16)9-12-7-5-4-6-8-12/h4-8,10-11,13H,3,9,16H2,1-2H3,(H,17,18). The fourth-order valence-corrected chi connectivity index (χ4v) is 1.98. The number of aromatic amines is 1. The molecule has 0 spiro atoms. The van der Waals surface area contributed by atoms with E-state index in [4.69, 9.17) is 5.73 Å². The molecule has 2 rings (SSSR count). The fraction of sp³-hybridized carbons (Fsp3) is 0.400. The summed E-state index contributed by atoms with van der Waals surface area (Å²) < 4.78 is 0. The van der Waals surface area contributed by atoms with Crippen molar-refractivity contribution in [2.45, 2.75) is 38.6 Å². The van der Waals surface area contributed by atoms with E-state index in [0.717, 1.165) is 18.7 Å². The second-order valence-electron chi connectivity index (χ2n) is 4.83. The van der Waals surface area contributed by atoms with Gasteiger partial charge in [0.15, 0.2) is 0 Å². The average molecular weight is 243 g/mol. The molecule has 1 aromatic heterocycles. The molecule has 0 bridgehead atoms. The van der Waals surface area contributed by atoms with Gasteiger partial charge in [-0.05, 0) is 24.3 Å². The third kappa shape index (κ3) is 2.99. The van der Waals surface area contributed by atoms with Crippen LogP contribution in [0.5, 0.6) is 0 Å². The van der Waals surface area contributed by atoms with Crippen LogP contribution in [0.15, 0.2) is 36.5 Å². The summed E-state index contributed by atoms with van der Waals surface area (Å²) in [6, 6.07) is 10.2. The van der Waals surface area contributed by atoms with Gasteiger partial charge in [-0.1, -0.05) is 44.2 Å². The molecule has 2 atom stereocenters. The second-order valence-corrected chi connectivity index (χ2v) is 4.83. The first kappa shape index (κ1) is 12.8. The van der Waals surface area contributed by atoms with Crippen LogP contribution in [0.25, 0.3) is 0 Å². The van der Waals surface area contributed by atoms with E-state index in [2.05, 4.69) is 35.9 Å². The van der Waals surface area contributed by atoms with E-state index in [1.54, 1.807) is 0 Å². The molecule has 3 heteroatoms. The maximum atomic E-state index is 6.19. The Labute approximate surface area is 108 Å². The van der Waals surface area contributed by atoms with Crippen molar-refractivity contribution >= 4 is 0 Å². The van der Waals surface area contributed by atoms with Crippen LogP contribution >= 0.6 is 0 Å². The number of nitrogens with zero attached hydrogens (tertiary/aromatic N) is 1. The summed E-state index contributed by atoms with van der Waals surface area (Å²) in [6.07, 6.45) is 3.83. The molecule has 18 heavy (non-hydrogen) atoms. The first-order valence-corrected chi connectivity index (χ1v) is 6.55. The predicted octanol–water partition coefficient (Wildman–Crippen LogP) is 3.17. The van der Waals surface area contributed by atoms with Gasteiger partial charge in [0.05, 0.1) is 6.04 Å². The Morgan fingerprint density at radius 1 is 1.28 bits per heavy atom. The lowest BCUT2D eigenvalue weighted by atomic mass is 10.1. The maximum Gasteiger partial charge on any atom is 0.123 e. The molecule has 96 valence electrons. The van der Waals surface area contributed by atoms with Crippen LogP contribution in [0.1, 0.15) is 49.3 Å². The van der Waals surface area contributed by atoms with Gasteiger partial charge in [-0.3, -0.25) is 0 Å². The molecule has 0 fully saturated rings. The summed E-state index contributed by atoms with van der Waals surface area (Å²) in [5.74, 6) is 1.39. The molecule has 1 heterocycles. The number of imidazole rings is 1. The maximum absolute atomic E-state index is 6.19. The number of H-pyrrole nitrogens is 1. The van der Waals surface area contributed by atoms with Crippen molar-refractivity contribution < 1.29 is 0 Å². The zero-order valence-corrected chi connectivity index (χ0v) is 11.1. The van der Waals surface area contributed by atoms with E-state index in [-0.39, 0.29) is 6.04 Å². The van der Waals surface area contributed by atoms with Crippen molar-refractivity contribution in [3.05, 3.63) is 53.6 Å². The van der Waals surface area contributed by atoms with Gasteiger partial charge in [-0.25, -0.2) is 4.98 Å². The van der Waals surface area contributed by atoms with E-state index in [0.29, 0.717) is 5.92 Å². The molecule has 2 unspecified atom stereocenters. The summed E-state index contributed by atoms with van der Waals surface area (Å²) >= 11 is 0. The van der Waals surface area contributed by atoms with Crippen LogP contribution < -0.4 is 5.73 Å².